The third kappa shape index (κ3) is 3.53. The van der Waals surface area contributed by atoms with Gasteiger partial charge < -0.3 is 11.1 Å². The third-order valence-electron chi connectivity index (χ3n) is 3.72. The second-order valence-electron chi connectivity index (χ2n) is 5.25. The van der Waals surface area contributed by atoms with Gasteiger partial charge in [-0.05, 0) is 55.2 Å². The van der Waals surface area contributed by atoms with Crippen LogP contribution >= 0.6 is 0 Å². The molecule has 2 aromatic carbocycles. The summed E-state index contributed by atoms with van der Waals surface area (Å²) in [5.41, 5.74) is 11.8. The van der Waals surface area contributed by atoms with Crippen LogP contribution in [0.4, 0.5) is 17.1 Å². The Morgan fingerprint density at radius 3 is 2.45 bits per heavy atom. The molecule has 0 radical (unpaired) electrons. The molecule has 0 atom stereocenters. The van der Waals surface area contributed by atoms with Crippen LogP contribution in [0.3, 0.4) is 0 Å². The number of nitrogen functional groups attached to an aromatic ring is 1. The van der Waals surface area contributed by atoms with E-state index in [2.05, 4.69) is 37.4 Å². The average Bonchev–Trinajstić information content (AvgIpc) is 2.47. The monoisotopic (exact) mass is 268 g/mol. The summed E-state index contributed by atoms with van der Waals surface area (Å²) >= 11 is 0. The summed E-state index contributed by atoms with van der Waals surface area (Å²) in [6.07, 6.45) is 4.80. The predicted octanol–water partition coefficient (Wildman–Crippen LogP) is 5.05. The fraction of sp³-hybridized carbons (Fsp3) is 0.333. The predicted molar refractivity (Wildman–Crippen MR) is 88.5 cm³/mol. The van der Waals surface area contributed by atoms with E-state index in [4.69, 9.17) is 5.73 Å². The Balaban J connectivity index is 2.24. The lowest BCUT2D eigenvalue weighted by Gasteiger charge is -2.16. The van der Waals surface area contributed by atoms with Crippen molar-refractivity contribution in [2.45, 2.75) is 39.5 Å². The maximum absolute atomic E-state index is 6.06. The number of nitrogens with two attached hydrogens (primary N) is 1. The van der Waals surface area contributed by atoms with Gasteiger partial charge in [-0.15, -0.1) is 0 Å². The fourth-order valence-electron chi connectivity index (χ4n) is 2.44. The van der Waals surface area contributed by atoms with E-state index in [-0.39, 0.29) is 0 Å². The Morgan fingerprint density at radius 2 is 1.75 bits per heavy atom. The molecule has 2 rings (SSSR count). The summed E-state index contributed by atoms with van der Waals surface area (Å²) < 4.78 is 0. The Hall–Kier alpha value is -1.96. The Morgan fingerprint density at radius 1 is 1.00 bits per heavy atom. The number of anilines is 3. The molecule has 2 aromatic rings. The molecular weight excluding hydrogens is 244 g/mol. The number of unbranched alkanes of at least 4 members (excludes halogenated alkanes) is 2. The van der Waals surface area contributed by atoms with Gasteiger partial charge in [-0.2, -0.15) is 0 Å². The van der Waals surface area contributed by atoms with Gasteiger partial charge in [-0.1, -0.05) is 38.0 Å². The fourth-order valence-corrected chi connectivity index (χ4v) is 2.44. The van der Waals surface area contributed by atoms with Crippen molar-refractivity contribution in [3.8, 4) is 0 Å². The molecule has 0 amide bonds. The largest absolute Gasteiger partial charge is 0.399 e. The summed E-state index contributed by atoms with van der Waals surface area (Å²) in [6, 6.07) is 14.4. The van der Waals surface area contributed by atoms with E-state index in [1.54, 1.807) is 0 Å². The number of para-hydroxylation sites is 1. The first-order valence-corrected chi connectivity index (χ1v) is 7.42. The van der Waals surface area contributed by atoms with Gasteiger partial charge in [-0.25, -0.2) is 0 Å². The number of hydrogen-bond acceptors (Lipinski definition) is 2. The minimum atomic E-state index is 0.884. The number of rotatable bonds is 6. The van der Waals surface area contributed by atoms with E-state index in [0.717, 1.165) is 17.8 Å². The first-order valence-electron chi connectivity index (χ1n) is 7.42. The topological polar surface area (TPSA) is 38.0 Å². The van der Waals surface area contributed by atoms with E-state index in [1.165, 1.54) is 36.1 Å². The summed E-state index contributed by atoms with van der Waals surface area (Å²) in [4.78, 5) is 0. The van der Waals surface area contributed by atoms with Crippen molar-refractivity contribution in [2.75, 3.05) is 11.1 Å². The molecule has 0 saturated heterocycles. The minimum Gasteiger partial charge on any atom is -0.399 e. The summed E-state index contributed by atoms with van der Waals surface area (Å²) in [5.74, 6) is 0. The highest BCUT2D eigenvalue weighted by molar-refractivity contribution is 5.69. The van der Waals surface area contributed by atoms with Gasteiger partial charge in [0.2, 0.25) is 0 Å². The van der Waals surface area contributed by atoms with Gasteiger partial charge >= 0.3 is 0 Å². The normalized spacial score (nSPS) is 10.5. The molecule has 0 aliphatic heterocycles. The molecule has 0 aliphatic rings. The number of benzene rings is 2. The second-order valence-corrected chi connectivity index (χ2v) is 5.25. The smallest absolute Gasteiger partial charge is 0.0420 e. The summed E-state index contributed by atoms with van der Waals surface area (Å²) in [7, 11) is 0. The van der Waals surface area contributed by atoms with Gasteiger partial charge in [0.05, 0.1) is 0 Å². The van der Waals surface area contributed by atoms with Crippen LogP contribution in [0, 0.1) is 6.92 Å². The lowest BCUT2D eigenvalue weighted by Crippen LogP contribution is -2.02. The average molecular weight is 268 g/mol. The third-order valence-corrected chi connectivity index (χ3v) is 3.72. The lowest BCUT2D eigenvalue weighted by atomic mass is 9.98. The first kappa shape index (κ1) is 14.4. The molecule has 2 heteroatoms. The molecule has 0 spiro atoms. The summed E-state index contributed by atoms with van der Waals surface area (Å²) in [6.45, 7) is 4.35. The molecule has 0 aliphatic carbocycles. The van der Waals surface area contributed by atoms with Crippen molar-refractivity contribution in [3.05, 3.63) is 53.6 Å². The molecular formula is C18H24N2. The van der Waals surface area contributed by atoms with Crippen molar-refractivity contribution in [1.82, 2.24) is 0 Å². The van der Waals surface area contributed by atoms with E-state index in [1.807, 2.05) is 24.3 Å². The van der Waals surface area contributed by atoms with Gasteiger partial charge in [-0.3, -0.25) is 0 Å². The van der Waals surface area contributed by atoms with Crippen LogP contribution < -0.4 is 11.1 Å². The highest BCUT2D eigenvalue weighted by atomic mass is 14.9. The van der Waals surface area contributed by atoms with Crippen LogP contribution in [-0.2, 0) is 6.42 Å². The van der Waals surface area contributed by atoms with Crippen LogP contribution in [0.25, 0.3) is 0 Å². The van der Waals surface area contributed by atoms with Crippen LogP contribution in [0.2, 0.25) is 0 Å². The van der Waals surface area contributed by atoms with Crippen LogP contribution in [0.1, 0.15) is 37.3 Å². The molecule has 0 heterocycles. The van der Waals surface area contributed by atoms with Crippen LogP contribution in [-0.4, -0.2) is 0 Å². The Kier molecular flexibility index (Phi) is 5.05. The van der Waals surface area contributed by atoms with Crippen molar-refractivity contribution in [1.29, 1.82) is 0 Å². The Bertz CT molecular complexity index is 547. The molecule has 0 bridgehead atoms. The molecule has 20 heavy (non-hydrogen) atoms. The minimum absolute atomic E-state index is 0.884. The van der Waals surface area contributed by atoms with E-state index >= 15 is 0 Å². The standard InChI is InChI=1S/C18H24N2/c1-3-4-6-11-16-14(2)17(19)12-13-18(16)20-15-9-7-5-8-10-15/h5,7-10,12-13,20H,3-4,6,11,19H2,1-2H3. The van der Waals surface area contributed by atoms with Crippen molar-refractivity contribution < 1.29 is 0 Å². The summed E-state index contributed by atoms with van der Waals surface area (Å²) in [5, 5.41) is 3.51. The highest BCUT2D eigenvalue weighted by Gasteiger charge is 2.08. The van der Waals surface area contributed by atoms with Crippen molar-refractivity contribution in [2.24, 2.45) is 0 Å². The Labute approximate surface area is 122 Å². The van der Waals surface area contributed by atoms with Gasteiger partial charge in [0.25, 0.3) is 0 Å². The molecule has 3 N–H and O–H groups in total. The maximum atomic E-state index is 6.06. The van der Waals surface area contributed by atoms with E-state index in [0.29, 0.717) is 0 Å². The SMILES string of the molecule is CCCCCc1c(Nc2ccccc2)ccc(N)c1C. The first-order chi connectivity index (χ1) is 9.72. The van der Waals surface area contributed by atoms with E-state index in [9.17, 15) is 0 Å². The van der Waals surface area contributed by atoms with E-state index < -0.39 is 0 Å². The van der Waals surface area contributed by atoms with Crippen LogP contribution in [0.15, 0.2) is 42.5 Å². The molecule has 106 valence electrons. The zero-order valence-electron chi connectivity index (χ0n) is 12.4. The zero-order valence-corrected chi connectivity index (χ0v) is 12.4. The molecule has 0 saturated carbocycles. The number of hydrogen-bond donors (Lipinski definition) is 2. The van der Waals surface area contributed by atoms with Crippen molar-refractivity contribution in [3.63, 3.8) is 0 Å². The van der Waals surface area contributed by atoms with Gasteiger partial charge in [0, 0.05) is 17.1 Å². The van der Waals surface area contributed by atoms with Crippen molar-refractivity contribution >= 4 is 17.1 Å². The highest BCUT2D eigenvalue weighted by Crippen LogP contribution is 2.29. The zero-order chi connectivity index (χ0) is 14.4. The molecule has 0 unspecified atom stereocenters. The lowest BCUT2D eigenvalue weighted by molar-refractivity contribution is 0.716. The quantitative estimate of drug-likeness (QED) is 0.568. The maximum Gasteiger partial charge on any atom is 0.0420 e. The molecule has 2 nitrogen and oxygen atoms in total. The number of nitrogens with one attached hydrogen (secondary N) is 1. The van der Waals surface area contributed by atoms with Gasteiger partial charge in [0.15, 0.2) is 0 Å². The molecule has 0 aromatic heterocycles. The second kappa shape index (κ2) is 6.99. The molecule has 0 fully saturated rings. The van der Waals surface area contributed by atoms with Crippen LogP contribution in [0.5, 0.6) is 0 Å². The van der Waals surface area contributed by atoms with Gasteiger partial charge in [0.1, 0.15) is 0 Å².